The number of aromatic nitrogens is 1. The minimum absolute atomic E-state index is 0.0426. The molecule has 0 radical (unpaired) electrons. The molecule has 186 valence electrons. The Hall–Kier alpha value is -3.08. The maximum Gasteiger partial charge on any atom is 0.415 e. The topological polar surface area (TPSA) is 128 Å². The lowest BCUT2D eigenvalue weighted by Gasteiger charge is -2.19. The summed E-state index contributed by atoms with van der Waals surface area (Å²) in [6.07, 6.45) is 1.87. The van der Waals surface area contributed by atoms with Crippen molar-refractivity contribution in [1.29, 1.82) is 0 Å². The maximum absolute atomic E-state index is 12.4. The fourth-order valence-electron chi connectivity index (χ4n) is 4.68. The van der Waals surface area contributed by atoms with Crippen LogP contribution in [0.15, 0.2) is 24.3 Å². The largest absolute Gasteiger partial charge is 0.492 e. The summed E-state index contributed by atoms with van der Waals surface area (Å²) < 4.78 is 16.5. The van der Waals surface area contributed by atoms with Gasteiger partial charge in [0.15, 0.2) is 18.2 Å². The number of hydrogen-bond donors (Lipinski definition) is 3. The molecule has 0 bridgehead atoms. The lowest BCUT2D eigenvalue weighted by Crippen LogP contribution is -2.30. The lowest BCUT2D eigenvalue weighted by molar-refractivity contribution is -0.118. The molecule has 2 unspecified atom stereocenters. The Balaban J connectivity index is 1.08. The summed E-state index contributed by atoms with van der Waals surface area (Å²) >= 11 is 6.47. The molecule has 3 aliphatic rings. The Morgan fingerprint density at radius 3 is 3.03 bits per heavy atom. The summed E-state index contributed by atoms with van der Waals surface area (Å²) in [6, 6.07) is 7.31. The highest BCUT2D eigenvalue weighted by molar-refractivity contribution is 6.31. The van der Waals surface area contributed by atoms with E-state index in [1.54, 1.807) is 12.1 Å². The number of nitrogens with zero attached hydrogens (tertiary/aromatic N) is 2. The highest BCUT2D eigenvalue weighted by Crippen LogP contribution is 2.35. The van der Waals surface area contributed by atoms with Crippen molar-refractivity contribution in [2.75, 3.05) is 49.6 Å². The van der Waals surface area contributed by atoms with Crippen LogP contribution in [-0.2, 0) is 22.4 Å². The summed E-state index contributed by atoms with van der Waals surface area (Å²) in [4.78, 5) is 29.8. The predicted octanol–water partition coefficient (Wildman–Crippen LogP) is 2.12. The van der Waals surface area contributed by atoms with E-state index in [0.717, 1.165) is 36.7 Å². The zero-order valence-electron chi connectivity index (χ0n) is 19.2. The Morgan fingerprint density at radius 2 is 2.17 bits per heavy atom. The van der Waals surface area contributed by atoms with Gasteiger partial charge in [-0.15, -0.1) is 0 Å². The molecule has 10 nitrogen and oxygen atoms in total. The van der Waals surface area contributed by atoms with Crippen molar-refractivity contribution in [2.45, 2.75) is 25.4 Å². The van der Waals surface area contributed by atoms with Gasteiger partial charge in [0.2, 0.25) is 0 Å². The SMILES string of the molecule is NCCOc1cc(Cl)c2c(c1)CC(CNCCC1CN(c3ccc4c(n3)NC(=O)CO4)C(=O)O1)C2. The number of carbonyl (C=O) groups is 2. The first-order valence-electron chi connectivity index (χ1n) is 11.8. The molecule has 1 aromatic heterocycles. The normalized spacial score (nSPS) is 20.7. The van der Waals surface area contributed by atoms with Crippen LogP contribution in [0.5, 0.6) is 11.5 Å². The Kier molecular flexibility index (Phi) is 6.94. The van der Waals surface area contributed by atoms with Gasteiger partial charge in [0, 0.05) is 11.6 Å². The molecule has 1 saturated heterocycles. The van der Waals surface area contributed by atoms with Gasteiger partial charge in [-0.3, -0.25) is 9.69 Å². The van der Waals surface area contributed by atoms with E-state index in [9.17, 15) is 9.59 Å². The minimum Gasteiger partial charge on any atom is -0.492 e. The van der Waals surface area contributed by atoms with E-state index >= 15 is 0 Å². The minimum atomic E-state index is -0.445. The van der Waals surface area contributed by atoms with Crippen molar-refractivity contribution in [2.24, 2.45) is 11.7 Å². The number of carbonyl (C=O) groups excluding carboxylic acids is 2. The second-order valence-electron chi connectivity index (χ2n) is 8.92. The van der Waals surface area contributed by atoms with Crippen LogP contribution in [0.1, 0.15) is 17.5 Å². The quantitative estimate of drug-likeness (QED) is 0.446. The number of nitrogens with one attached hydrogen (secondary N) is 2. The number of amides is 2. The molecule has 2 amide bonds. The molecule has 2 aliphatic heterocycles. The van der Waals surface area contributed by atoms with Crippen molar-refractivity contribution in [3.8, 4) is 11.5 Å². The number of benzene rings is 1. The van der Waals surface area contributed by atoms with Gasteiger partial charge >= 0.3 is 6.09 Å². The van der Waals surface area contributed by atoms with E-state index in [-0.39, 0.29) is 18.6 Å². The zero-order chi connectivity index (χ0) is 24.4. The smallest absolute Gasteiger partial charge is 0.415 e. The Bertz CT molecular complexity index is 1130. The predicted molar refractivity (Wildman–Crippen MR) is 130 cm³/mol. The van der Waals surface area contributed by atoms with Crippen LogP contribution in [0.2, 0.25) is 5.02 Å². The first-order chi connectivity index (χ1) is 17.0. The third-order valence-corrected chi connectivity index (χ3v) is 6.67. The van der Waals surface area contributed by atoms with Crippen LogP contribution in [0.3, 0.4) is 0 Å². The Morgan fingerprint density at radius 1 is 1.29 bits per heavy atom. The van der Waals surface area contributed by atoms with Crippen LogP contribution in [0, 0.1) is 5.92 Å². The first kappa shape index (κ1) is 23.7. The molecular weight excluding hydrogens is 474 g/mol. The number of ether oxygens (including phenoxy) is 3. The number of fused-ring (bicyclic) bond motifs is 2. The van der Waals surface area contributed by atoms with Gasteiger partial charge in [-0.05, 0) is 73.7 Å². The third-order valence-electron chi connectivity index (χ3n) is 6.34. The van der Waals surface area contributed by atoms with Gasteiger partial charge in [0.25, 0.3) is 5.91 Å². The molecule has 35 heavy (non-hydrogen) atoms. The second kappa shape index (κ2) is 10.3. The number of anilines is 2. The fourth-order valence-corrected chi connectivity index (χ4v) is 4.99. The number of cyclic esters (lactones) is 1. The molecule has 4 N–H and O–H groups in total. The average molecular weight is 502 g/mol. The van der Waals surface area contributed by atoms with Crippen molar-refractivity contribution < 1.29 is 23.8 Å². The number of pyridine rings is 1. The second-order valence-corrected chi connectivity index (χ2v) is 9.32. The average Bonchev–Trinajstić information content (AvgIpc) is 3.43. The Labute approximate surface area is 208 Å². The van der Waals surface area contributed by atoms with Crippen LogP contribution in [0.4, 0.5) is 16.4 Å². The van der Waals surface area contributed by atoms with Crippen LogP contribution >= 0.6 is 11.6 Å². The zero-order valence-corrected chi connectivity index (χ0v) is 20.0. The maximum atomic E-state index is 12.4. The standard InChI is InChI=1S/C24H28ClN5O5/c25-19-10-17(33-6-4-26)9-15-7-14(8-18(15)19)11-27-5-3-16-12-30(24(32)35-16)21-2-1-20-23(28-21)29-22(31)13-34-20/h1-2,9-10,14,16,27H,3-8,11-13,26H2,(H,28,29,31). The van der Waals surface area contributed by atoms with Gasteiger partial charge in [-0.2, -0.15) is 0 Å². The van der Waals surface area contributed by atoms with Crippen molar-refractivity contribution in [3.63, 3.8) is 0 Å². The molecule has 0 saturated carbocycles. The van der Waals surface area contributed by atoms with Crippen LogP contribution < -0.4 is 30.7 Å². The summed E-state index contributed by atoms with van der Waals surface area (Å²) in [6.45, 7) is 2.86. The number of rotatable bonds is 9. The molecule has 3 heterocycles. The van der Waals surface area contributed by atoms with E-state index in [2.05, 4.69) is 21.7 Å². The van der Waals surface area contributed by atoms with Gasteiger partial charge in [-0.25, -0.2) is 9.78 Å². The highest BCUT2D eigenvalue weighted by atomic mass is 35.5. The van der Waals surface area contributed by atoms with Crippen molar-refractivity contribution in [1.82, 2.24) is 10.3 Å². The molecule has 1 aliphatic carbocycles. The van der Waals surface area contributed by atoms with Gasteiger partial charge in [0.1, 0.15) is 24.3 Å². The van der Waals surface area contributed by atoms with Crippen LogP contribution in [0.25, 0.3) is 0 Å². The third kappa shape index (κ3) is 5.29. The highest BCUT2D eigenvalue weighted by Gasteiger charge is 2.34. The van der Waals surface area contributed by atoms with Gasteiger partial charge in [0.05, 0.1) is 6.54 Å². The van der Waals surface area contributed by atoms with E-state index < -0.39 is 6.09 Å². The molecule has 2 atom stereocenters. The molecule has 5 rings (SSSR count). The molecule has 0 spiro atoms. The number of hydrogen-bond acceptors (Lipinski definition) is 8. The van der Waals surface area contributed by atoms with E-state index in [1.165, 1.54) is 16.0 Å². The van der Waals surface area contributed by atoms with Crippen molar-refractivity contribution in [3.05, 3.63) is 40.4 Å². The van der Waals surface area contributed by atoms with Gasteiger partial charge in [-0.1, -0.05) is 11.6 Å². The van der Waals surface area contributed by atoms with Crippen molar-refractivity contribution >= 4 is 35.2 Å². The number of halogens is 1. The molecular formula is C24H28ClN5O5. The monoisotopic (exact) mass is 501 g/mol. The molecule has 1 aromatic carbocycles. The van der Waals surface area contributed by atoms with E-state index in [0.29, 0.717) is 49.4 Å². The van der Waals surface area contributed by atoms with E-state index in [4.69, 9.17) is 31.5 Å². The molecule has 2 aromatic rings. The lowest BCUT2D eigenvalue weighted by atomic mass is 10.1. The number of nitrogens with two attached hydrogens (primary N) is 1. The summed E-state index contributed by atoms with van der Waals surface area (Å²) in [5.74, 6) is 2.16. The molecule has 1 fully saturated rings. The summed E-state index contributed by atoms with van der Waals surface area (Å²) in [5.41, 5.74) is 7.94. The fraction of sp³-hybridized carbons (Fsp3) is 0.458. The summed E-state index contributed by atoms with van der Waals surface area (Å²) in [5, 5.41) is 6.90. The summed E-state index contributed by atoms with van der Waals surface area (Å²) in [7, 11) is 0. The first-order valence-corrected chi connectivity index (χ1v) is 12.1. The molecule has 11 heteroatoms. The van der Waals surface area contributed by atoms with Crippen LogP contribution in [-0.4, -0.2) is 62.5 Å². The van der Waals surface area contributed by atoms with E-state index in [1.807, 2.05) is 6.07 Å². The van der Waals surface area contributed by atoms with Gasteiger partial charge < -0.3 is 30.6 Å².